The van der Waals surface area contributed by atoms with E-state index in [1.54, 1.807) is 0 Å². The lowest BCUT2D eigenvalue weighted by Gasteiger charge is -2.45. The Morgan fingerprint density at radius 3 is 2.44 bits per heavy atom. The second-order valence-corrected chi connectivity index (χ2v) is 11.3. The number of aliphatic carboxylic acids is 1. The number of amides is 3. The van der Waals surface area contributed by atoms with Gasteiger partial charge in [-0.3, -0.25) is 18.9 Å². The number of nitrogens with one attached hydrogen (secondary N) is 2. The Hall–Kier alpha value is -2.24. The van der Waals surface area contributed by atoms with Crippen LogP contribution in [0.4, 0.5) is 0 Å². The fourth-order valence-electron chi connectivity index (χ4n) is 3.89. The van der Waals surface area contributed by atoms with E-state index >= 15 is 0 Å². The van der Waals surface area contributed by atoms with Gasteiger partial charge in [0.15, 0.2) is 0 Å². The molecule has 2 rings (SSSR count). The summed E-state index contributed by atoms with van der Waals surface area (Å²) in [6.45, 7) is 4.07. The van der Waals surface area contributed by atoms with Gasteiger partial charge in [0.1, 0.15) is 11.8 Å². The average molecular weight is 554 g/mol. The van der Waals surface area contributed by atoms with Crippen molar-refractivity contribution in [1.29, 1.82) is 0 Å². The number of carbonyl (C=O) groups is 4. The Kier molecular flexibility index (Phi) is 9.89. The second-order valence-electron chi connectivity index (χ2n) is 9.10. The number of carboxylic acid groups (broad SMARTS) is 1. The summed E-state index contributed by atoms with van der Waals surface area (Å²) in [6.07, 6.45) is -2.52. The van der Waals surface area contributed by atoms with Gasteiger partial charge < -0.3 is 30.9 Å². The number of hydrogen-bond donors (Lipinski definition) is 6. The molecule has 204 valence electrons. The highest BCUT2D eigenvalue weighted by Crippen LogP contribution is 2.47. The van der Waals surface area contributed by atoms with Crippen LogP contribution >= 0.6 is 11.8 Å². The van der Waals surface area contributed by atoms with E-state index in [0.717, 1.165) is 16.7 Å². The molecule has 2 heterocycles. The highest BCUT2D eigenvalue weighted by atomic mass is 32.3. The van der Waals surface area contributed by atoms with E-state index in [1.165, 1.54) is 20.8 Å². The van der Waals surface area contributed by atoms with Crippen LogP contribution in [0.15, 0.2) is 10.6 Å². The number of thioether (sulfide) groups is 1. The molecule has 0 saturated carbocycles. The molecule has 0 aromatic carbocycles. The number of rotatable bonds is 14. The van der Waals surface area contributed by atoms with E-state index in [1.807, 2.05) is 0 Å². The number of hydrogen-bond acceptors (Lipinski definition) is 10. The van der Waals surface area contributed by atoms with E-state index in [-0.39, 0.29) is 43.3 Å². The summed E-state index contributed by atoms with van der Waals surface area (Å²) in [5.74, 6) is -3.69. The van der Waals surface area contributed by atoms with Crippen LogP contribution in [0.25, 0.3) is 0 Å². The first kappa shape index (κ1) is 30.0. The zero-order valence-electron chi connectivity index (χ0n) is 20.0. The molecule has 2 aliphatic rings. The van der Waals surface area contributed by atoms with Gasteiger partial charge in [-0.1, -0.05) is 13.8 Å². The van der Waals surface area contributed by atoms with Gasteiger partial charge in [0.25, 0.3) is 0 Å². The molecule has 3 amide bonds. The molecule has 16 heteroatoms. The van der Waals surface area contributed by atoms with Gasteiger partial charge in [0, 0.05) is 42.0 Å². The standard InChI is InChI=1S/C20H31N3O11S2/c1-10(34-36(31,32)33)14-11-8-12(15(19(29)30)23(11)18(14)28)35-7-6-21-13(25)4-5-22-17(27)16(26)20(2,3)9-24/h10-11,14,16,24,26H,4-9H2,1-3H3,(H,21,25)(H,22,27)(H,29,30)(H,31,32,33)/t10-,11-,14-,16+/m1/s1. The summed E-state index contributed by atoms with van der Waals surface area (Å²) in [7, 11) is -4.78. The molecule has 0 spiro atoms. The van der Waals surface area contributed by atoms with E-state index in [4.69, 9.17) is 4.55 Å². The Bertz CT molecular complexity index is 1030. The number of β-lactam (4-membered cyclic amide) rings is 1. The minimum atomic E-state index is -4.78. The molecule has 0 bridgehead atoms. The SMILES string of the molecule is C[C@@H](OS(=O)(=O)O)[C@H]1C(=O)N2C(C(=O)O)=C(SCCNC(=O)CCNC(=O)[C@H](O)C(C)(C)CO)C[C@H]12. The van der Waals surface area contributed by atoms with Crippen LogP contribution in [-0.2, 0) is 33.8 Å². The number of aliphatic hydroxyl groups excluding tert-OH is 2. The molecule has 0 radical (unpaired) electrons. The van der Waals surface area contributed by atoms with Crippen LogP contribution in [0, 0.1) is 11.3 Å². The monoisotopic (exact) mass is 553 g/mol. The quantitative estimate of drug-likeness (QED) is 0.0818. The number of aliphatic hydroxyl groups is 2. The predicted molar refractivity (Wildman–Crippen MR) is 125 cm³/mol. The third kappa shape index (κ3) is 7.17. The van der Waals surface area contributed by atoms with Crippen molar-refractivity contribution in [3.05, 3.63) is 10.6 Å². The Labute approximate surface area is 212 Å². The first-order valence-electron chi connectivity index (χ1n) is 11.0. The van der Waals surface area contributed by atoms with E-state index in [9.17, 15) is 42.9 Å². The van der Waals surface area contributed by atoms with Gasteiger partial charge in [-0.2, -0.15) is 8.42 Å². The zero-order chi connectivity index (χ0) is 27.4. The number of fused-ring (bicyclic) bond motifs is 1. The maximum absolute atomic E-state index is 12.5. The maximum atomic E-state index is 12.5. The van der Waals surface area contributed by atoms with Crippen LogP contribution in [0.3, 0.4) is 0 Å². The fraction of sp³-hybridized carbons (Fsp3) is 0.700. The largest absolute Gasteiger partial charge is 0.477 e. The van der Waals surface area contributed by atoms with Gasteiger partial charge in [0.05, 0.1) is 24.7 Å². The number of carboxylic acids is 1. The smallest absolute Gasteiger partial charge is 0.397 e. The minimum absolute atomic E-state index is 0.0331. The lowest BCUT2D eigenvalue weighted by molar-refractivity contribution is -0.160. The van der Waals surface area contributed by atoms with Crippen LogP contribution in [-0.4, -0.2) is 101 Å². The van der Waals surface area contributed by atoms with Crippen LogP contribution in [0.1, 0.15) is 33.6 Å². The lowest BCUT2D eigenvalue weighted by Crippen LogP contribution is -2.62. The Morgan fingerprint density at radius 1 is 1.25 bits per heavy atom. The predicted octanol–water partition coefficient (Wildman–Crippen LogP) is -1.54. The summed E-state index contributed by atoms with van der Waals surface area (Å²) >= 11 is 1.13. The molecule has 1 saturated heterocycles. The third-order valence-electron chi connectivity index (χ3n) is 5.90. The van der Waals surface area contributed by atoms with Gasteiger partial charge in [-0.05, 0) is 6.92 Å². The van der Waals surface area contributed by atoms with Crippen molar-refractivity contribution in [1.82, 2.24) is 15.5 Å². The van der Waals surface area contributed by atoms with Gasteiger partial charge in [-0.25, -0.2) is 8.98 Å². The molecule has 14 nitrogen and oxygen atoms in total. The Morgan fingerprint density at radius 2 is 1.89 bits per heavy atom. The van der Waals surface area contributed by atoms with Crippen LogP contribution in [0.2, 0.25) is 0 Å². The summed E-state index contributed by atoms with van der Waals surface area (Å²) in [4.78, 5) is 49.5. The Balaban J connectivity index is 1.80. The summed E-state index contributed by atoms with van der Waals surface area (Å²) in [5.41, 5.74) is -1.24. The second kappa shape index (κ2) is 11.9. The normalized spacial score (nSPS) is 21.5. The molecule has 6 N–H and O–H groups in total. The van der Waals surface area contributed by atoms with Crippen LogP contribution in [0.5, 0.6) is 0 Å². The molecule has 1 fully saturated rings. The van der Waals surface area contributed by atoms with Gasteiger partial charge >= 0.3 is 16.4 Å². The van der Waals surface area contributed by atoms with E-state index in [0.29, 0.717) is 4.91 Å². The summed E-state index contributed by atoms with van der Waals surface area (Å²) in [6, 6.07) is -0.618. The molecular weight excluding hydrogens is 522 g/mol. The third-order valence-corrected chi connectivity index (χ3v) is 7.56. The molecular formula is C20H31N3O11S2. The number of nitrogens with zero attached hydrogens (tertiary/aromatic N) is 1. The highest BCUT2D eigenvalue weighted by Gasteiger charge is 2.57. The van der Waals surface area contributed by atoms with Crippen molar-refractivity contribution < 1.29 is 51.7 Å². The first-order valence-corrected chi connectivity index (χ1v) is 13.4. The lowest BCUT2D eigenvalue weighted by atomic mass is 9.83. The molecule has 0 aliphatic carbocycles. The van der Waals surface area contributed by atoms with Crippen molar-refractivity contribution in [2.24, 2.45) is 11.3 Å². The van der Waals surface area contributed by atoms with Crippen molar-refractivity contribution in [3.63, 3.8) is 0 Å². The summed E-state index contributed by atoms with van der Waals surface area (Å²) in [5, 5.41) is 33.7. The van der Waals surface area contributed by atoms with Crippen molar-refractivity contribution in [2.75, 3.05) is 25.4 Å². The van der Waals surface area contributed by atoms with E-state index < -0.39 is 64.4 Å². The van der Waals surface area contributed by atoms with Crippen molar-refractivity contribution in [2.45, 2.75) is 51.9 Å². The van der Waals surface area contributed by atoms with Gasteiger partial charge in [-0.15, -0.1) is 11.8 Å². The molecule has 2 aliphatic heterocycles. The summed E-state index contributed by atoms with van der Waals surface area (Å²) < 4.78 is 35.2. The molecule has 4 atom stereocenters. The maximum Gasteiger partial charge on any atom is 0.397 e. The van der Waals surface area contributed by atoms with Crippen LogP contribution < -0.4 is 10.6 Å². The highest BCUT2D eigenvalue weighted by molar-refractivity contribution is 8.03. The topological polar surface area (TPSA) is 220 Å². The first-order chi connectivity index (χ1) is 16.6. The molecule has 0 aromatic rings. The van der Waals surface area contributed by atoms with E-state index in [2.05, 4.69) is 14.8 Å². The van der Waals surface area contributed by atoms with Gasteiger partial charge in [0.2, 0.25) is 17.7 Å². The number of carbonyl (C=O) groups excluding carboxylic acids is 3. The molecule has 36 heavy (non-hydrogen) atoms. The van der Waals surface area contributed by atoms with Crippen molar-refractivity contribution in [3.8, 4) is 0 Å². The van der Waals surface area contributed by atoms with Crippen molar-refractivity contribution >= 4 is 45.9 Å². The average Bonchev–Trinajstić information content (AvgIpc) is 3.09. The zero-order valence-corrected chi connectivity index (χ0v) is 21.6. The molecule has 0 unspecified atom stereocenters. The minimum Gasteiger partial charge on any atom is -0.477 e. The molecule has 0 aromatic heterocycles. The fourth-order valence-corrected chi connectivity index (χ4v) is 5.45.